The van der Waals surface area contributed by atoms with Gasteiger partial charge in [-0.1, -0.05) is 6.92 Å². The van der Waals surface area contributed by atoms with Crippen molar-refractivity contribution in [3.63, 3.8) is 0 Å². The smallest absolute Gasteiger partial charge is 0.252 e. The van der Waals surface area contributed by atoms with Gasteiger partial charge in [-0.05, 0) is 6.42 Å². The predicted molar refractivity (Wildman–Crippen MR) is 57.4 cm³/mol. The fraction of sp³-hybridized carbons (Fsp3) is 0.727. The third-order valence-corrected chi connectivity index (χ3v) is 3.53. The van der Waals surface area contributed by atoms with Gasteiger partial charge in [-0.2, -0.15) is 0 Å². The van der Waals surface area contributed by atoms with E-state index in [0.29, 0.717) is 6.42 Å². The molecule has 0 spiro atoms. The van der Waals surface area contributed by atoms with Crippen molar-refractivity contribution in [1.82, 2.24) is 14.7 Å². The number of hydrogen-bond donors (Lipinski definition) is 0. The Labute approximate surface area is 95.0 Å². The van der Waals surface area contributed by atoms with Crippen molar-refractivity contribution in [3.8, 4) is 0 Å². The van der Waals surface area contributed by atoms with Crippen molar-refractivity contribution in [1.29, 1.82) is 0 Å². The molecular formula is C11H16N3O2. The minimum atomic E-state index is -0.965. The van der Waals surface area contributed by atoms with Gasteiger partial charge >= 0.3 is 0 Å². The molecule has 0 saturated carbocycles. The molecule has 0 aromatic rings. The molecule has 3 rings (SSSR count). The van der Waals surface area contributed by atoms with Crippen LogP contribution in [0.1, 0.15) is 6.42 Å². The molecule has 5 nitrogen and oxygen atoms in total. The summed E-state index contributed by atoms with van der Waals surface area (Å²) < 4.78 is 0. The molecule has 0 N–H and O–H groups in total. The van der Waals surface area contributed by atoms with Crippen LogP contribution in [0.4, 0.5) is 0 Å². The lowest BCUT2D eigenvalue weighted by atomic mass is 9.93. The van der Waals surface area contributed by atoms with Crippen LogP contribution in [0.5, 0.6) is 0 Å². The topological polar surface area (TPSA) is 43.2 Å². The van der Waals surface area contributed by atoms with Gasteiger partial charge in [-0.25, -0.2) is 0 Å². The van der Waals surface area contributed by atoms with Gasteiger partial charge in [-0.15, -0.1) is 0 Å². The van der Waals surface area contributed by atoms with Gasteiger partial charge in [-0.3, -0.25) is 14.5 Å². The van der Waals surface area contributed by atoms with Crippen LogP contribution in [0.2, 0.25) is 0 Å². The van der Waals surface area contributed by atoms with Crippen LogP contribution in [0.15, 0.2) is 0 Å². The van der Waals surface area contributed by atoms with E-state index < -0.39 is 5.54 Å². The molecule has 0 aliphatic carbocycles. The second kappa shape index (κ2) is 3.20. The van der Waals surface area contributed by atoms with Gasteiger partial charge in [0.1, 0.15) is 0 Å². The van der Waals surface area contributed by atoms with E-state index in [1.807, 2.05) is 4.90 Å². The molecular weight excluding hydrogens is 206 g/mol. The van der Waals surface area contributed by atoms with E-state index in [0.717, 1.165) is 39.3 Å². The Morgan fingerprint density at radius 3 is 1.62 bits per heavy atom. The molecule has 1 radical (unpaired) electrons. The molecule has 0 atom stereocenters. The van der Waals surface area contributed by atoms with Crippen LogP contribution in [0, 0.1) is 6.92 Å². The minimum absolute atomic E-state index is 0.0306. The number of rotatable bonds is 4. The highest BCUT2D eigenvalue weighted by atomic mass is 16.2. The van der Waals surface area contributed by atoms with Crippen molar-refractivity contribution in [3.05, 3.63) is 6.92 Å². The van der Waals surface area contributed by atoms with E-state index in [2.05, 4.69) is 6.92 Å². The van der Waals surface area contributed by atoms with Crippen molar-refractivity contribution in [2.24, 2.45) is 0 Å². The van der Waals surface area contributed by atoms with Gasteiger partial charge in [0.2, 0.25) is 0 Å². The first-order valence-electron chi connectivity index (χ1n) is 5.83. The number of nitrogens with zero attached hydrogens (tertiary/aromatic N) is 3. The van der Waals surface area contributed by atoms with Crippen molar-refractivity contribution in [2.75, 3.05) is 39.3 Å². The Morgan fingerprint density at radius 1 is 0.938 bits per heavy atom. The Balaban J connectivity index is 1.90. The lowest BCUT2D eigenvalue weighted by Gasteiger charge is -2.31. The van der Waals surface area contributed by atoms with Crippen LogP contribution in [-0.2, 0) is 9.59 Å². The van der Waals surface area contributed by atoms with Gasteiger partial charge < -0.3 is 9.80 Å². The van der Waals surface area contributed by atoms with Crippen molar-refractivity contribution in [2.45, 2.75) is 12.0 Å². The van der Waals surface area contributed by atoms with Crippen molar-refractivity contribution < 1.29 is 9.59 Å². The third kappa shape index (κ3) is 1.34. The van der Waals surface area contributed by atoms with Crippen molar-refractivity contribution >= 4 is 11.8 Å². The molecule has 2 amide bonds. The largest absolute Gasteiger partial charge is 0.337 e. The molecule has 0 aromatic carbocycles. The summed E-state index contributed by atoms with van der Waals surface area (Å²) in [6, 6.07) is 0. The summed E-state index contributed by atoms with van der Waals surface area (Å²) in [5.74, 6) is -0.0613. The van der Waals surface area contributed by atoms with Crippen LogP contribution in [-0.4, -0.2) is 71.3 Å². The quantitative estimate of drug-likeness (QED) is 0.450. The van der Waals surface area contributed by atoms with Crippen LogP contribution < -0.4 is 0 Å². The highest BCUT2D eigenvalue weighted by Gasteiger charge is 2.58. The molecule has 0 aromatic heterocycles. The predicted octanol–water partition coefficient (Wildman–Crippen LogP) is -1.05. The summed E-state index contributed by atoms with van der Waals surface area (Å²) in [5, 5.41) is 0. The molecule has 87 valence electrons. The SMILES string of the molecule is [CH2]CC(C(=O)N1CC1)(C(=O)N1CC1)N1CC1. The maximum absolute atomic E-state index is 12.3. The zero-order valence-electron chi connectivity index (χ0n) is 9.31. The standard InChI is InChI=1S/C11H16N3O2/c1-2-11(14-7-8-14,9(15)12-3-4-12)10(16)13-5-6-13/h1-8H2. The highest BCUT2D eigenvalue weighted by molar-refractivity contribution is 6.11. The number of hydrogen-bond acceptors (Lipinski definition) is 3. The number of amides is 2. The van der Waals surface area contributed by atoms with E-state index in [4.69, 9.17) is 0 Å². The van der Waals surface area contributed by atoms with Gasteiger partial charge in [0.15, 0.2) is 5.54 Å². The Hall–Kier alpha value is -1.10. The fourth-order valence-corrected chi connectivity index (χ4v) is 2.20. The molecule has 0 bridgehead atoms. The summed E-state index contributed by atoms with van der Waals surface area (Å²) in [5.41, 5.74) is -0.965. The maximum Gasteiger partial charge on any atom is 0.252 e. The molecule has 5 heteroatoms. The highest BCUT2D eigenvalue weighted by Crippen LogP contribution is 2.34. The summed E-state index contributed by atoms with van der Waals surface area (Å²) in [6.45, 7) is 8.70. The second-order valence-electron chi connectivity index (χ2n) is 4.68. The number of carbonyl (C=O) groups excluding carboxylic acids is 2. The van der Waals surface area contributed by atoms with Crippen LogP contribution in [0.3, 0.4) is 0 Å². The lowest BCUT2D eigenvalue weighted by molar-refractivity contribution is -0.148. The molecule has 3 heterocycles. The molecule has 3 aliphatic rings. The van der Waals surface area contributed by atoms with E-state index >= 15 is 0 Å². The van der Waals surface area contributed by atoms with E-state index in [1.54, 1.807) is 9.80 Å². The summed E-state index contributed by atoms with van der Waals surface area (Å²) in [4.78, 5) is 30.1. The van der Waals surface area contributed by atoms with Gasteiger partial charge in [0.05, 0.1) is 0 Å². The average molecular weight is 222 g/mol. The Bertz CT molecular complexity index is 319. The number of carbonyl (C=O) groups is 2. The second-order valence-corrected chi connectivity index (χ2v) is 4.68. The molecule has 0 unspecified atom stereocenters. The molecule has 3 aliphatic heterocycles. The third-order valence-electron chi connectivity index (χ3n) is 3.53. The molecule has 3 saturated heterocycles. The zero-order chi connectivity index (χ0) is 11.3. The molecule has 3 fully saturated rings. The fourth-order valence-electron chi connectivity index (χ4n) is 2.20. The van der Waals surface area contributed by atoms with Gasteiger partial charge in [0.25, 0.3) is 11.8 Å². The summed E-state index contributed by atoms with van der Waals surface area (Å²) >= 11 is 0. The zero-order valence-corrected chi connectivity index (χ0v) is 9.31. The van der Waals surface area contributed by atoms with Crippen LogP contribution in [0.25, 0.3) is 0 Å². The van der Waals surface area contributed by atoms with E-state index in [-0.39, 0.29) is 11.8 Å². The minimum Gasteiger partial charge on any atom is -0.337 e. The first-order valence-corrected chi connectivity index (χ1v) is 5.83. The average Bonchev–Trinajstić information content (AvgIpc) is 3.19. The molecule has 16 heavy (non-hydrogen) atoms. The Morgan fingerprint density at radius 2 is 1.38 bits per heavy atom. The Kier molecular flexibility index (Phi) is 2.01. The lowest BCUT2D eigenvalue weighted by Crippen LogP contribution is -2.57. The first kappa shape index (κ1) is 10.1. The normalized spacial score (nSPS) is 23.3. The van der Waals surface area contributed by atoms with E-state index in [9.17, 15) is 9.59 Å². The maximum atomic E-state index is 12.3. The first-order chi connectivity index (χ1) is 7.70. The summed E-state index contributed by atoms with van der Waals surface area (Å²) in [7, 11) is 0. The van der Waals surface area contributed by atoms with Gasteiger partial charge in [0, 0.05) is 39.3 Å². The van der Waals surface area contributed by atoms with E-state index in [1.165, 1.54) is 0 Å². The monoisotopic (exact) mass is 222 g/mol. The van der Waals surface area contributed by atoms with Crippen LogP contribution >= 0.6 is 0 Å². The summed E-state index contributed by atoms with van der Waals surface area (Å²) in [6.07, 6.45) is 0.345.